The number of likely N-dealkylation sites (tertiary alicyclic amines) is 1. The van der Waals surface area contributed by atoms with E-state index < -0.39 is 24.1 Å². The molecule has 0 saturated carbocycles. The van der Waals surface area contributed by atoms with Gasteiger partial charge in [0.25, 0.3) is 0 Å². The lowest BCUT2D eigenvalue weighted by atomic mass is 10.2. The number of amides is 2. The van der Waals surface area contributed by atoms with Crippen molar-refractivity contribution in [2.45, 2.75) is 18.6 Å². The fraction of sp³-hybridized carbons (Fsp3) is 0.308. The Bertz CT molecular complexity index is 628. The van der Waals surface area contributed by atoms with Gasteiger partial charge < -0.3 is 20.4 Å². The van der Waals surface area contributed by atoms with Crippen LogP contribution in [0.3, 0.4) is 0 Å². The number of carboxylic acids is 1. The second kappa shape index (κ2) is 5.99. The van der Waals surface area contributed by atoms with Crippen LogP contribution in [0.5, 0.6) is 0 Å². The number of nitrogens with one attached hydrogen (secondary N) is 1. The SMILES string of the molecule is N#Cc1ccc(Cl)cc1NC(=O)N1CC(O)CC1C(=O)O. The Kier molecular flexibility index (Phi) is 4.31. The molecule has 1 heterocycles. The van der Waals surface area contributed by atoms with Crippen molar-refractivity contribution in [1.82, 2.24) is 4.90 Å². The van der Waals surface area contributed by atoms with Gasteiger partial charge in [-0.3, -0.25) is 0 Å². The Morgan fingerprint density at radius 2 is 2.19 bits per heavy atom. The van der Waals surface area contributed by atoms with Crippen molar-refractivity contribution >= 4 is 29.3 Å². The van der Waals surface area contributed by atoms with Gasteiger partial charge in [0.1, 0.15) is 12.1 Å². The minimum atomic E-state index is -1.19. The summed E-state index contributed by atoms with van der Waals surface area (Å²) >= 11 is 5.81. The van der Waals surface area contributed by atoms with Crippen LogP contribution in [-0.4, -0.2) is 45.8 Å². The molecule has 1 saturated heterocycles. The summed E-state index contributed by atoms with van der Waals surface area (Å²) in [6.07, 6.45) is -0.907. The zero-order valence-electron chi connectivity index (χ0n) is 10.8. The van der Waals surface area contributed by atoms with E-state index in [9.17, 15) is 14.7 Å². The maximum absolute atomic E-state index is 12.1. The lowest BCUT2D eigenvalue weighted by Gasteiger charge is -2.21. The van der Waals surface area contributed by atoms with Crippen LogP contribution in [0, 0.1) is 11.3 Å². The summed E-state index contributed by atoms with van der Waals surface area (Å²) < 4.78 is 0. The zero-order valence-corrected chi connectivity index (χ0v) is 11.5. The van der Waals surface area contributed by atoms with Crippen molar-refractivity contribution < 1.29 is 19.8 Å². The number of hydrogen-bond donors (Lipinski definition) is 3. The number of nitrogens with zero attached hydrogens (tertiary/aromatic N) is 2. The third-order valence-electron chi connectivity index (χ3n) is 3.17. The molecule has 2 atom stereocenters. The van der Waals surface area contributed by atoms with Gasteiger partial charge in [-0.25, -0.2) is 9.59 Å². The number of aliphatic hydroxyl groups is 1. The molecule has 1 aromatic carbocycles. The monoisotopic (exact) mass is 309 g/mol. The number of aliphatic hydroxyl groups excluding tert-OH is 1. The molecule has 3 N–H and O–H groups in total. The summed E-state index contributed by atoms with van der Waals surface area (Å²) in [5.41, 5.74) is 0.403. The minimum absolute atomic E-state index is 0.0244. The first-order valence-electron chi connectivity index (χ1n) is 6.10. The van der Waals surface area contributed by atoms with E-state index in [0.29, 0.717) is 5.02 Å². The number of β-amino-alcohol motifs (C(OH)–C–C–N with tert-alkyl or cyclic N) is 1. The molecule has 21 heavy (non-hydrogen) atoms. The molecule has 0 radical (unpaired) electrons. The van der Waals surface area contributed by atoms with Gasteiger partial charge in [-0.1, -0.05) is 11.6 Å². The van der Waals surface area contributed by atoms with Crippen LogP contribution in [0.2, 0.25) is 5.02 Å². The average Bonchev–Trinajstić information content (AvgIpc) is 2.81. The molecule has 1 aliphatic heterocycles. The van der Waals surface area contributed by atoms with Crippen LogP contribution in [-0.2, 0) is 4.79 Å². The highest BCUT2D eigenvalue weighted by Gasteiger charge is 2.39. The largest absolute Gasteiger partial charge is 0.480 e. The number of carbonyl (C=O) groups is 2. The zero-order chi connectivity index (χ0) is 15.6. The van der Waals surface area contributed by atoms with Crippen molar-refractivity contribution in [3.05, 3.63) is 28.8 Å². The molecule has 0 bridgehead atoms. The van der Waals surface area contributed by atoms with Crippen LogP contribution in [0.15, 0.2) is 18.2 Å². The molecule has 2 rings (SSSR count). The standard InChI is InChI=1S/C13H12ClN3O4/c14-8-2-1-7(5-15)10(3-8)16-13(21)17-6-9(18)4-11(17)12(19)20/h1-3,9,11,18H,4,6H2,(H,16,21)(H,19,20). The number of hydrogen-bond acceptors (Lipinski definition) is 4. The van der Waals surface area contributed by atoms with Gasteiger partial charge in [0.2, 0.25) is 0 Å². The van der Waals surface area contributed by atoms with Gasteiger partial charge in [-0.2, -0.15) is 5.26 Å². The third kappa shape index (κ3) is 3.24. The Labute approximate surface area is 125 Å². The summed E-state index contributed by atoms with van der Waals surface area (Å²) in [5, 5.41) is 30.3. The van der Waals surface area contributed by atoms with Crippen LogP contribution < -0.4 is 5.32 Å². The molecule has 2 unspecified atom stereocenters. The van der Waals surface area contributed by atoms with E-state index in [1.807, 2.05) is 6.07 Å². The van der Waals surface area contributed by atoms with Crippen molar-refractivity contribution in [2.24, 2.45) is 0 Å². The molecule has 0 aliphatic carbocycles. The Morgan fingerprint density at radius 3 is 2.81 bits per heavy atom. The van der Waals surface area contributed by atoms with E-state index in [-0.39, 0.29) is 24.2 Å². The maximum Gasteiger partial charge on any atom is 0.326 e. The second-order valence-corrected chi connectivity index (χ2v) is 5.06. The number of carbonyl (C=O) groups excluding carboxylic acids is 1. The quantitative estimate of drug-likeness (QED) is 0.761. The van der Waals surface area contributed by atoms with Gasteiger partial charge in [-0.05, 0) is 18.2 Å². The molecule has 110 valence electrons. The lowest BCUT2D eigenvalue weighted by Crippen LogP contribution is -2.43. The lowest BCUT2D eigenvalue weighted by molar-refractivity contribution is -0.141. The Hall–Kier alpha value is -2.30. The summed E-state index contributed by atoms with van der Waals surface area (Å²) in [4.78, 5) is 24.3. The van der Waals surface area contributed by atoms with E-state index in [2.05, 4.69) is 5.32 Å². The summed E-state index contributed by atoms with van der Waals surface area (Å²) in [6, 6.07) is 4.48. The van der Waals surface area contributed by atoms with Crippen LogP contribution in [0.1, 0.15) is 12.0 Å². The van der Waals surface area contributed by atoms with Gasteiger partial charge in [0.15, 0.2) is 0 Å². The normalized spacial score (nSPS) is 20.9. The van der Waals surface area contributed by atoms with Crippen molar-refractivity contribution in [1.29, 1.82) is 5.26 Å². The van der Waals surface area contributed by atoms with Crippen molar-refractivity contribution in [3.8, 4) is 6.07 Å². The predicted molar refractivity (Wildman–Crippen MR) is 73.9 cm³/mol. The maximum atomic E-state index is 12.1. The number of benzene rings is 1. The van der Waals surface area contributed by atoms with Crippen LogP contribution in [0.4, 0.5) is 10.5 Å². The highest BCUT2D eigenvalue weighted by molar-refractivity contribution is 6.31. The molecule has 0 aromatic heterocycles. The molecule has 1 aliphatic rings. The first kappa shape index (κ1) is 15.1. The van der Waals surface area contributed by atoms with Gasteiger partial charge in [0, 0.05) is 18.0 Å². The third-order valence-corrected chi connectivity index (χ3v) is 3.40. The summed E-state index contributed by atoms with van der Waals surface area (Å²) in [5.74, 6) is -1.19. The molecular weight excluding hydrogens is 298 g/mol. The molecule has 8 heteroatoms. The van der Waals surface area contributed by atoms with Gasteiger partial charge >= 0.3 is 12.0 Å². The number of anilines is 1. The van der Waals surface area contributed by atoms with E-state index >= 15 is 0 Å². The number of rotatable bonds is 2. The van der Waals surface area contributed by atoms with Crippen LogP contribution in [0.25, 0.3) is 0 Å². The van der Waals surface area contributed by atoms with E-state index in [0.717, 1.165) is 4.90 Å². The van der Waals surface area contributed by atoms with Crippen molar-refractivity contribution in [2.75, 3.05) is 11.9 Å². The molecule has 2 amide bonds. The smallest absolute Gasteiger partial charge is 0.326 e. The van der Waals surface area contributed by atoms with Crippen molar-refractivity contribution in [3.63, 3.8) is 0 Å². The highest BCUT2D eigenvalue weighted by Crippen LogP contribution is 2.23. The number of halogens is 1. The first-order valence-corrected chi connectivity index (χ1v) is 6.48. The number of aliphatic carboxylic acids is 1. The first-order chi connectivity index (χ1) is 9.92. The Balaban J connectivity index is 2.20. The fourth-order valence-corrected chi connectivity index (χ4v) is 2.35. The predicted octanol–water partition coefficient (Wildman–Crippen LogP) is 1.26. The minimum Gasteiger partial charge on any atom is -0.480 e. The van der Waals surface area contributed by atoms with E-state index in [1.54, 1.807) is 0 Å². The fourth-order valence-electron chi connectivity index (χ4n) is 2.18. The number of urea groups is 1. The summed E-state index contributed by atoms with van der Waals surface area (Å²) in [6.45, 7) is -0.0781. The highest BCUT2D eigenvalue weighted by atomic mass is 35.5. The molecule has 0 spiro atoms. The molecule has 1 fully saturated rings. The van der Waals surface area contributed by atoms with E-state index in [4.69, 9.17) is 22.0 Å². The molecule has 7 nitrogen and oxygen atoms in total. The topological polar surface area (TPSA) is 114 Å². The molecular formula is C13H12ClN3O4. The van der Waals surface area contributed by atoms with Gasteiger partial charge in [-0.15, -0.1) is 0 Å². The summed E-state index contributed by atoms with van der Waals surface area (Å²) in [7, 11) is 0. The van der Waals surface area contributed by atoms with E-state index in [1.165, 1.54) is 18.2 Å². The van der Waals surface area contributed by atoms with Gasteiger partial charge in [0.05, 0.1) is 17.4 Å². The average molecular weight is 310 g/mol. The number of carboxylic acid groups (broad SMARTS) is 1. The molecule has 1 aromatic rings. The number of nitriles is 1. The second-order valence-electron chi connectivity index (χ2n) is 4.63. The van der Waals surface area contributed by atoms with Crippen LogP contribution >= 0.6 is 11.6 Å². The Morgan fingerprint density at radius 1 is 1.48 bits per heavy atom.